The number of para-hydroxylation sites is 1. The Morgan fingerprint density at radius 3 is 2.85 bits per heavy atom. The molecule has 134 valence electrons. The van der Waals surface area contributed by atoms with Crippen molar-refractivity contribution in [2.45, 2.75) is 35.9 Å². The fraction of sp³-hybridized carbons (Fsp3) is 0.300. The quantitative estimate of drug-likeness (QED) is 0.338. The van der Waals surface area contributed by atoms with Gasteiger partial charge in [-0.05, 0) is 24.1 Å². The van der Waals surface area contributed by atoms with Crippen LogP contribution in [0.25, 0.3) is 15.9 Å². The van der Waals surface area contributed by atoms with E-state index in [-0.39, 0.29) is 10.3 Å². The molecule has 6 heteroatoms. The van der Waals surface area contributed by atoms with E-state index < -0.39 is 0 Å². The Bertz CT molecular complexity index is 1030. The maximum atomic E-state index is 13.5. The number of nitrogens with zero attached hydrogens (tertiary/aromatic N) is 2. The number of hydrogen-bond donors (Lipinski definition) is 0. The molecule has 2 aromatic heterocycles. The minimum absolute atomic E-state index is 0.0490. The Kier molecular flexibility index (Phi) is 4.75. The highest BCUT2D eigenvalue weighted by molar-refractivity contribution is 8.00. The molecule has 0 bridgehead atoms. The standard InChI is InChI=1S/C20H20N2OS3/c1-4-10-24-19-21-17-16(14-11-20(2,3)25-12-15(14)26-17)18(23)22(19)13-8-6-5-7-9-13/h4-9H,1,10-12H2,2-3H3. The van der Waals surface area contributed by atoms with Gasteiger partial charge in [0.1, 0.15) is 4.83 Å². The number of thioether (sulfide) groups is 2. The van der Waals surface area contributed by atoms with Gasteiger partial charge in [0.15, 0.2) is 5.16 Å². The summed E-state index contributed by atoms with van der Waals surface area (Å²) in [5, 5.41) is 1.55. The summed E-state index contributed by atoms with van der Waals surface area (Å²) in [6, 6.07) is 9.80. The van der Waals surface area contributed by atoms with Gasteiger partial charge in [-0.15, -0.1) is 29.7 Å². The summed E-state index contributed by atoms with van der Waals surface area (Å²) in [7, 11) is 0. The summed E-state index contributed by atoms with van der Waals surface area (Å²) in [5.41, 5.74) is 2.12. The molecule has 0 radical (unpaired) electrons. The molecule has 4 rings (SSSR count). The molecule has 0 atom stereocenters. The monoisotopic (exact) mass is 400 g/mol. The lowest BCUT2D eigenvalue weighted by atomic mass is 10.00. The zero-order valence-electron chi connectivity index (χ0n) is 14.8. The van der Waals surface area contributed by atoms with Gasteiger partial charge in [0, 0.05) is 21.1 Å². The molecule has 1 aliphatic heterocycles. The number of aromatic nitrogens is 2. The normalized spacial score (nSPS) is 15.8. The fourth-order valence-corrected chi connectivity index (χ4v) is 6.34. The SMILES string of the molecule is C=CCSc1nc2sc3c(c2c(=O)n1-c1ccccc1)CC(C)(C)SC3. The molecular weight excluding hydrogens is 380 g/mol. The average molecular weight is 401 g/mol. The number of hydrogen-bond acceptors (Lipinski definition) is 5. The highest BCUT2D eigenvalue weighted by atomic mass is 32.2. The molecule has 3 nitrogen and oxygen atoms in total. The predicted molar refractivity (Wildman–Crippen MR) is 115 cm³/mol. The van der Waals surface area contributed by atoms with Crippen LogP contribution in [0, 0.1) is 0 Å². The van der Waals surface area contributed by atoms with Gasteiger partial charge in [0.25, 0.3) is 5.56 Å². The van der Waals surface area contributed by atoms with Gasteiger partial charge < -0.3 is 0 Å². The number of thiophene rings is 1. The van der Waals surface area contributed by atoms with Crippen LogP contribution in [0.4, 0.5) is 0 Å². The Labute approximate surface area is 165 Å². The second kappa shape index (κ2) is 6.91. The Hall–Kier alpha value is -1.50. The van der Waals surface area contributed by atoms with Crippen LogP contribution in [-0.2, 0) is 12.2 Å². The molecule has 1 aromatic carbocycles. The van der Waals surface area contributed by atoms with E-state index in [1.807, 2.05) is 48.2 Å². The molecule has 3 aromatic rings. The Morgan fingerprint density at radius 2 is 2.12 bits per heavy atom. The topological polar surface area (TPSA) is 34.9 Å². The first kappa shape index (κ1) is 17.9. The third kappa shape index (κ3) is 3.15. The van der Waals surface area contributed by atoms with E-state index >= 15 is 0 Å². The van der Waals surface area contributed by atoms with E-state index in [0.29, 0.717) is 0 Å². The number of fused-ring (bicyclic) bond motifs is 3. The second-order valence-corrected chi connectivity index (χ2v) is 10.6. The van der Waals surface area contributed by atoms with E-state index in [0.717, 1.165) is 39.0 Å². The third-order valence-electron chi connectivity index (χ3n) is 4.42. The number of rotatable bonds is 4. The molecule has 1 aliphatic rings. The van der Waals surface area contributed by atoms with E-state index in [9.17, 15) is 4.79 Å². The molecule has 0 saturated heterocycles. The second-order valence-electron chi connectivity index (χ2n) is 6.88. The third-order valence-corrected chi connectivity index (χ3v) is 8.02. The van der Waals surface area contributed by atoms with Crippen molar-refractivity contribution in [3.8, 4) is 5.69 Å². The van der Waals surface area contributed by atoms with Crippen molar-refractivity contribution in [1.82, 2.24) is 9.55 Å². The minimum atomic E-state index is 0.0490. The first-order chi connectivity index (χ1) is 12.5. The highest BCUT2D eigenvalue weighted by Gasteiger charge is 2.31. The summed E-state index contributed by atoms with van der Waals surface area (Å²) in [4.78, 5) is 20.6. The van der Waals surface area contributed by atoms with Crippen LogP contribution in [0.2, 0.25) is 0 Å². The van der Waals surface area contributed by atoms with Gasteiger partial charge in [-0.25, -0.2) is 4.98 Å². The van der Waals surface area contributed by atoms with Crippen LogP contribution in [0.3, 0.4) is 0 Å². The molecule has 0 amide bonds. The minimum Gasteiger partial charge on any atom is -0.268 e. The van der Waals surface area contributed by atoms with Crippen molar-refractivity contribution >= 4 is 45.1 Å². The highest BCUT2D eigenvalue weighted by Crippen LogP contribution is 2.44. The molecule has 0 N–H and O–H groups in total. The van der Waals surface area contributed by atoms with Gasteiger partial charge >= 0.3 is 0 Å². The van der Waals surface area contributed by atoms with Gasteiger partial charge in [-0.2, -0.15) is 0 Å². The molecular formula is C20H20N2OS3. The zero-order chi connectivity index (χ0) is 18.3. The molecule has 0 unspecified atom stereocenters. The van der Waals surface area contributed by atoms with Crippen molar-refractivity contribution < 1.29 is 0 Å². The molecule has 0 aliphatic carbocycles. The lowest BCUT2D eigenvalue weighted by molar-refractivity contribution is 0.698. The van der Waals surface area contributed by atoms with E-state index in [1.54, 1.807) is 27.7 Å². The first-order valence-electron chi connectivity index (χ1n) is 8.50. The Morgan fingerprint density at radius 1 is 1.35 bits per heavy atom. The maximum absolute atomic E-state index is 13.5. The largest absolute Gasteiger partial charge is 0.268 e. The van der Waals surface area contributed by atoms with Crippen molar-refractivity contribution in [2.75, 3.05) is 5.75 Å². The summed E-state index contributed by atoms with van der Waals surface area (Å²) in [6.45, 7) is 8.30. The van der Waals surface area contributed by atoms with Crippen LogP contribution in [0.5, 0.6) is 0 Å². The summed E-state index contributed by atoms with van der Waals surface area (Å²) >= 11 is 5.19. The Balaban J connectivity index is 2.00. The van der Waals surface area contributed by atoms with Crippen molar-refractivity contribution in [1.29, 1.82) is 0 Å². The van der Waals surface area contributed by atoms with Crippen LogP contribution in [0.1, 0.15) is 24.3 Å². The predicted octanol–water partition coefficient (Wildman–Crippen LogP) is 5.29. The van der Waals surface area contributed by atoms with Gasteiger partial charge in [0.2, 0.25) is 0 Å². The van der Waals surface area contributed by atoms with Crippen LogP contribution in [0.15, 0.2) is 52.9 Å². The lowest BCUT2D eigenvalue weighted by Gasteiger charge is -2.28. The fourth-order valence-electron chi connectivity index (χ4n) is 3.21. The first-order valence-corrected chi connectivity index (χ1v) is 11.3. The lowest BCUT2D eigenvalue weighted by Crippen LogP contribution is -2.26. The van der Waals surface area contributed by atoms with Gasteiger partial charge in [-0.3, -0.25) is 9.36 Å². The summed E-state index contributed by atoms with van der Waals surface area (Å²) in [5.74, 6) is 1.68. The van der Waals surface area contributed by atoms with Crippen LogP contribution in [-0.4, -0.2) is 20.1 Å². The van der Waals surface area contributed by atoms with Gasteiger partial charge in [-0.1, -0.05) is 49.9 Å². The van der Waals surface area contributed by atoms with E-state index in [2.05, 4.69) is 20.4 Å². The average Bonchev–Trinajstić information content (AvgIpc) is 2.97. The van der Waals surface area contributed by atoms with E-state index in [4.69, 9.17) is 4.98 Å². The molecule has 26 heavy (non-hydrogen) atoms. The molecule has 0 fully saturated rings. The maximum Gasteiger partial charge on any atom is 0.267 e. The zero-order valence-corrected chi connectivity index (χ0v) is 17.3. The van der Waals surface area contributed by atoms with Crippen LogP contribution < -0.4 is 5.56 Å². The van der Waals surface area contributed by atoms with Gasteiger partial charge in [0.05, 0.1) is 11.1 Å². The van der Waals surface area contributed by atoms with Crippen molar-refractivity contribution in [3.05, 3.63) is 63.8 Å². The summed E-state index contributed by atoms with van der Waals surface area (Å²) in [6.07, 6.45) is 2.76. The van der Waals surface area contributed by atoms with Crippen molar-refractivity contribution in [2.24, 2.45) is 0 Å². The molecule has 0 saturated carbocycles. The summed E-state index contributed by atoms with van der Waals surface area (Å²) < 4.78 is 1.92. The molecule has 3 heterocycles. The van der Waals surface area contributed by atoms with E-state index in [1.165, 1.54) is 10.4 Å². The number of benzene rings is 1. The smallest absolute Gasteiger partial charge is 0.267 e. The van der Waals surface area contributed by atoms with Crippen LogP contribution >= 0.6 is 34.9 Å². The van der Waals surface area contributed by atoms with Crippen molar-refractivity contribution in [3.63, 3.8) is 0 Å². The molecule has 0 spiro atoms.